The summed E-state index contributed by atoms with van der Waals surface area (Å²) in [4.78, 5) is 0. The SMILES string of the molecule is OC(CNc1cc(F)cc(Cl)c1)COCc1ccccc1. The van der Waals surface area contributed by atoms with Crippen molar-refractivity contribution >= 4 is 17.3 Å². The molecule has 2 aromatic rings. The standard InChI is InChI=1S/C16H17ClFNO2/c17-13-6-14(18)8-15(7-13)19-9-16(20)11-21-10-12-4-2-1-3-5-12/h1-8,16,19-20H,9-11H2. The molecule has 0 aliphatic heterocycles. The number of aliphatic hydroxyl groups excluding tert-OH is 1. The van der Waals surface area contributed by atoms with Crippen LogP contribution in [0, 0.1) is 5.82 Å². The van der Waals surface area contributed by atoms with Crippen LogP contribution in [0.4, 0.5) is 10.1 Å². The molecule has 0 fully saturated rings. The molecule has 0 aliphatic carbocycles. The molecule has 0 aromatic heterocycles. The summed E-state index contributed by atoms with van der Waals surface area (Å²) in [5.41, 5.74) is 1.58. The fraction of sp³-hybridized carbons (Fsp3) is 0.250. The first-order chi connectivity index (χ1) is 10.1. The largest absolute Gasteiger partial charge is 0.389 e. The van der Waals surface area contributed by atoms with Gasteiger partial charge in [0.2, 0.25) is 0 Å². The second-order valence-corrected chi connectivity index (χ2v) is 5.13. The van der Waals surface area contributed by atoms with Crippen LogP contribution < -0.4 is 5.32 Å². The fourth-order valence-corrected chi connectivity index (χ4v) is 2.06. The highest BCUT2D eigenvalue weighted by Crippen LogP contribution is 2.17. The Morgan fingerprint density at radius 3 is 2.67 bits per heavy atom. The number of hydrogen-bond acceptors (Lipinski definition) is 3. The maximum Gasteiger partial charge on any atom is 0.126 e. The number of halogens is 2. The molecular formula is C16H17ClFNO2. The zero-order chi connectivity index (χ0) is 15.1. The van der Waals surface area contributed by atoms with Crippen LogP contribution in [-0.2, 0) is 11.3 Å². The predicted molar refractivity (Wildman–Crippen MR) is 82.0 cm³/mol. The highest BCUT2D eigenvalue weighted by molar-refractivity contribution is 6.30. The van der Waals surface area contributed by atoms with Crippen LogP contribution in [0.5, 0.6) is 0 Å². The first kappa shape index (κ1) is 15.8. The molecule has 0 aliphatic rings. The Hall–Kier alpha value is -1.62. The normalized spacial score (nSPS) is 12.1. The van der Waals surface area contributed by atoms with E-state index in [-0.39, 0.29) is 13.2 Å². The van der Waals surface area contributed by atoms with Gasteiger partial charge in [-0.1, -0.05) is 41.9 Å². The van der Waals surface area contributed by atoms with Crippen LogP contribution in [0.15, 0.2) is 48.5 Å². The fourth-order valence-electron chi connectivity index (χ4n) is 1.84. The van der Waals surface area contributed by atoms with E-state index >= 15 is 0 Å². The lowest BCUT2D eigenvalue weighted by Crippen LogP contribution is -2.24. The van der Waals surface area contributed by atoms with Crippen LogP contribution in [0.25, 0.3) is 0 Å². The van der Waals surface area contributed by atoms with E-state index in [0.29, 0.717) is 17.3 Å². The van der Waals surface area contributed by atoms with Gasteiger partial charge < -0.3 is 15.2 Å². The van der Waals surface area contributed by atoms with Crippen LogP contribution in [0.2, 0.25) is 5.02 Å². The second kappa shape index (κ2) is 7.98. The Labute approximate surface area is 128 Å². The average molecular weight is 310 g/mol. The molecule has 2 aromatic carbocycles. The molecule has 3 nitrogen and oxygen atoms in total. The van der Waals surface area contributed by atoms with Crippen LogP contribution in [0.3, 0.4) is 0 Å². The molecule has 0 radical (unpaired) electrons. The minimum absolute atomic E-state index is 0.199. The molecule has 21 heavy (non-hydrogen) atoms. The van der Waals surface area contributed by atoms with Gasteiger partial charge in [-0.2, -0.15) is 0 Å². The smallest absolute Gasteiger partial charge is 0.126 e. The molecule has 1 unspecified atom stereocenters. The van der Waals surface area contributed by atoms with Gasteiger partial charge in [-0.15, -0.1) is 0 Å². The molecule has 0 saturated heterocycles. The van der Waals surface area contributed by atoms with Crippen molar-refractivity contribution in [1.29, 1.82) is 0 Å². The topological polar surface area (TPSA) is 41.5 Å². The first-order valence-corrected chi connectivity index (χ1v) is 7.01. The summed E-state index contributed by atoms with van der Waals surface area (Å²) in [6.45, 7) is 0.906. The molecule has 2 N–H and O–H groups in total. The van der Waals surface area contributed by atoms with Crippen molar-refractivity contribution in [2.24, 2.45) is 0 Å². The Kier molecular flexibility index (Phi) is 5.99. The van der Waals surface area contributed by atoms with E-state index in [1.165, 1.54) is 12.1 Å². The monoisotopic (exact) mass is 309 g/mol. The molecule has 112 valence electrons. The minimum Gasteiger partial charge on any atom is -0.389 e. The summed E-state index contributed by atoms with van der Waals surface area (Å²) in [6, 6.07) is 13.9. The van der Waals surface area contributed by atoms with Crippen LogP contribution in [-0.4, -0.2) is 24.4 Å². The van der Waals surface area contributed by atoms with Crippen molar-refractivity contribution in [3.05, 3.63) is 64.9 Å². The average Bonchev–Trinajstić information content (AvgIpc) is 2.45. The van der Waals surface area contributed by atoms with Gasteiger partial charge >= 0.3 is 0 Å². The minimum atomic E-state index is -0.684. The second-order valence-electron chi connectivity index (χ2n) is 4.69. The molecule has 5 heteroatoms. The number of hydrogen-bond donors (Lipinski definition) is 2. The lowest BCUT2D eigenvalue weighted by atomic mass is 10.2. The number of anilines is 1. The third-order valence-corrected chi connectivity index (χ3v) is 3.04. The maximum atomic E-state index is 13.1. The van der Waals surface area contributed by atoms with Crippen molar-refractivity contribution in [2.45, 2.75) is 12.7 Å². The van der Waals surface area contributed by atoms with Gasteiger partial charge in [0, 0.05) is 17.3 Å². The van der Waals surface area contributed by atoms with E-state index < -0.39 is 11.9 Å². The molecular weight excluding hydrogens is 293 g/mol. The maximum absolute atomic E-state index is 13.1. The van der Waals surface area contributed by atoms with E-state index in [1.54, 1.807) is 6.07 Å². The van der Waals surface area contributed by atoms with E-state index in [1.807, 2.05) is 30.3 Å². The van der Waals surface area contributed by atoms with Crippen molar-refractivity contribution in [3.8, 4) is 0 Å². The van der Waals surface area contributed by atoms with Crippen molar-refractivity contribution in [2.75, 3.05) is 18.5 Å². The highest BCUT2D eigenvalue weighted by atomic mass is 35.5. The summed E-state index contributed by atoms with van der Waals surface area (Å²) in [6.07, 6.45) is -0.684. The summed E-state index contributed by atoms with van der Waals surface area (Å²) in [5, 5.41) is 13.0. The number of rotatable bonds is 7. The molecule has 0 bridgehead atoms. The third-order valence-electron chi connectivity index (χ3n) is 2.83. The predicted octanol–water partition coefficient (Wildman–Crippen LogP) is 3.47. The Bertz CT molecular complexity index is 545. The molecule has 0 heterocycles. The molecule has 0 amide bonds. The Morgan fingerprint density at radius 2 is 1.95 bits per heavy atom. The third kappa shape index (κ3) is 5.71. The lowest BCUT2D eigenvalue weighted by molar-refractivity contribution is 0.0348. The molecule has 1 atom stereocenters. The van der Waals surface area contributed by atoms with Gasteiger partial charge in [-0.3, -0.25) is 0 Å². The number of aliphatic hydroxyl groups is 1. The van der Waals surface area contributed by atoms with Crippen LogP contribution in [0.1, 0.15) is 5.56 Å². The van der Waals surface area contributed by atoms with Gasteiger partial charge in [0.15, 0.2) is 0 Å². The van der Waals surface area contributed by atoms with Crippen molar-refractivity contribution in [1.82, 2.24) is 0 Å². The van der Waals surface area contributed by atoms with Gasteiger partial charge in [0.1, 0.15) is 5.82 Å². The van der Waals surface area contributed by atoms with Gasteiger partial charge in [0.25, 0.3) is 0 Å². The Balaban J connectivity index is 1.71. The van der Waals surface area contributed by atoms with Gasteiger partial charge in [-0.25, -0.2) is 4.39 Å². The first-order valence-electron chi connectivity index (χ1n) is 6.63. The molecule has 0 spiro atoms. The van der Waals surface area contributed by atoms with Gasteiger partial charge in [-0.05, 0) is 23.8 Å². The van der Waals surface area contributed by atoms with Gasteiger partial charge in [0.05, 0.1) is 19.3 Å². The summed E-state index contributed by atoms with van der Waals surface area (Å²) < 4.78 is 18.6. The summed E-state index contributed by atoms with van der Waals surface area (Å²) in [7, 11) is 0. The molecule has 2 rings (SSSR count). The quantitative estimate of drug-likeness (QED) is 0.823. The van der Waals surface area contributed by atoms with E-state index in [0.717, 1.165) is 5.56 Å². The van der Waals surface area contributed by atoms with E-state index in [9.17, 15) is 9.50 Å². The summed E-state index contributed by atoms with van der Waals surface area (Å²) >= 11 is 5.75. The van der Waals surface area contributed by atoms with E-state index in [2.05, 4.69) is 5.32 Å². The zero-order valence-electron chi connectivity index (χ0n) is 11.4. The van der Waals surface area contributed by atoms with Crippen LogP contribution >= 0.6 is 11.6 Å². The van der Waals surface area contributed by atoms with E-state index in [4.69, 9.17) is 16.3 Å². The molecule has 0 saturated carbocycles. The van der Waals surface area contributed by atoms with Crippen molar-refractivity contribution < 1.29 is 14.2 Å². The Morgan fingerprint density at radius 1 is 1.19 bits per heavy atom. The summed E-state index contributed by atoms with van der Waals surface area (Å²) in [5.74, 6) is -0.417. The highest BCUT2D eigenvalue weighted by Gasteiger charge is 2.06. The number of nitrogens with one attached hydrogen (secondary N) is 1. The lowest BCUT2D eigenvalue weighted by Gasteiger charge is -2.13. The zero-order valence-corrected chi connectivity index (χ0v) is 12.2. The van der Waals surface area contributed by atoms with Crippen molar-refractivity contribution in [3.63, 3.8) is 0 Å². The number of benzene rings is 2. The number of ether oxygens (including phenoxy) is 1.